The normalized spacial score (nSPS) is 11.1. The summed E-state index contributed by atoms with van der Waals surface area (Å²) >= 11 is 0. The van der Waals surface area contributed by atoms with E-state index >= 15 is 0 Å². The number of nitrogens with one attached hydrogen (secondary N) is 1. The first-order valence-corrected chi connectivity index (χ1v) is 7.46. The van der Waals surface area contributed by atoms with E-state index in [1.165, 1.54) is 10.6 Å². The predicted molar refractivity (Wildman–Crippen MR) is 84.5 cm³/mol. The number of rotatable bonds is 5. The van der Waals surface area contributed by atoms with E-state index in [2.05, 4.69) is 25.1 Å². The lowest BCUT2D eigenvalue weighted by atomic mass is 10.2. The number of nitrogens with zero attached hydrogens (tertiary/aromatic N) is 4. The SMILES string of the molecule is Cc1cc(C)n2nc(C(=O)NCc3ccccc3OC(F)F)nc2n1. The lowest BCUT2D eigenvalue weighted by Crippen LogP contribution is -2.24. The number of carbonyl (C=O) groups is 1. The number of benzene rings is 1. The second-order valence-corrected chi connectivity index (χ2v) is 5.36. The van der Waals surface area contributed by atoms with E-state index in [1.54, 1.807) is 18.2 Å². The van der Waals surface area contributed by atoms with Crippen LogP contribution in [0.3, 0.4) is 0 Å². The quantitative estimate of drug-likeness (QED) is 0.766. The number of hydrogen-bond donors (Lipinski definition) is 1. The maximum absolute atomic E-state index is 12.4. The van der Waals surface area contributed by atoms with Gasteiger partial charge >= 0.3 is 6.61 Å². The number of fused-ring (bicyclic) bond motifs is 1. The highest BCUT2D eigenvalue weighted by molar-refractivity contribution is 5.90. The van der Waals surface area contributed by atoms with Gasteiger partial charge in [-0.05, 0) is 26.0 Å². The van der Waals surface area contributed by atoms with Gasteiger partial charge in [0.1, 0.15) is 5.75 Å². The zero-order valence-electron chi connectivity index (χ0n) is 13.5. The molecule has 0 aliphatic rings. The molecular weight excluding hydrogens is 332 g/mol. The number of aryl methyl sites for hydroxylation is 2. The number of halogens is 2. The fraction of sp³-hybridized carbons (Fsp3) is 0.250. The van der Waals surface area contributed by atoms with E-state index in [0.29, 0.717) is 11.3 Å². The molecule has 0 aliphatic heterocycles. The molecule has 0 saturated carbocycles. The van der Waals surface area contributed by atoms with Gasteiger partial charge < -0.3 is 10.1 Å². The number of aromatic nitrogens is 4. The van der Waals surface area contributed by atoms with Crippen molar-refractivity contribution in [2.24, 2.45) is 0 Å². The predicted octanol–water partition coefficient (Wildman–Crippen LogP) is 2.27. The smallest absolute Gasteiger partial charge is 0.387 e. The first-order chi connectivity index (χ1) is 11.9. The van der Waals surface area contributed by atoms with Crippen molar-refractivity contribution in [3.05, 3.63) is 53.1 Å². The Balaban J connectivity index is 1.76. The Morgan fingerprint density at radius 2 is 2.04 bits per heavy atom. The van der Waals surface area contributed by atoms with Gasteiger partial charge in [-0.1, -0.05) is 18.2 Å². The van der Waals surface area contributed by atoms with Gasteiger partial charge in [-0.3, -0.25) is 4.79 Å². The summed E-state index contributed by atoms with van der Waals surface area (Å²) in [7, 11) is 0. The minimum Gasteiger partial charge on any atom is -0.434 e. The maximum Gasteiger partial charge on any atom is 0.387 e. The summed E-state index contributed by atoms with van der Waals surface area (Å²) in [5.41, 5.74) is 1.98. The molecule has 3 aromatic rings. The highest BCUT2D eigenvalue weighted by Gasteiger charge is 2.16. The van der Waals surface area contributed by atoms with Gasteiger partial charge in [0.25, 0.3) is 11.7 Å². The molecule has 9 heteroatoms. The van der Waals surface area contributed by atoms with Crippen LogP contribution in [-0.4, -0.2) is 32.1 Å². The maximum atomic E-state index is 12.4. The van der Waals surface area contributed by atoms with Gasteiger partial charge in [0.15, 0.2) is 0 Å². The Labute approximate surface area is 141 Å². The molecule has 130 valence electrons. The Bertz CT molecular complexity index is 926. The van der Waals surface area contributed by atoms with Crippen molar-refractivity contribution in [3.8, 4) is 5.75 Å². The molecule has 0 atom stereocenters. The van der Waals surface area contributed by atoms with Crippen LogP contribution in [0, 0.1) is 13.8 Å². The van der Waals surface area contributed by atoms with E-state index in [9.17, 15) is 13.6 Å². The third kappa shape index (κ3) is 3.70. The number of carbonyl (C=O) groups excluding carboxylic acids is 1. The fourth-order valence-electron chi connectivity index (χ4n) is 2.38. The minimum atomic E-state index is -2.94. The number of para-hydroxylation sites is 1. The third-order valence-corrected chi connectivity index (χ3v) is 3.45. The molecule has 0 radical (unpaired) electrons. The molecule has 25 heavy (non-hydrogen) atoms. The summed E-state index contributed by atoms with van der Waals surface area (Å²) in [6, 6.07) is 8.06. The van der Waals surface area contributed by atoms with Crippen LogP contribution in [0.1, 0.15) is 27.6 Å². The van der Waals surface area contributed by atoms with Crippen LogP contribution in [0.5, 0.6) is 5.75 Å². The Hall–Kier alpha value is -3.10. The highest BCUT2D eigenvalue weighted by Crippen LogP contribution is 2.20. The third-order valence-electron chi connectivity index (χ3n) is 3.45. The zero-order valence-corrected chi connectivity index (χ0v) is 13.5. The second kappa shape index (κ2) is 6.80. The monoisotopic (exact) mass is 347 g/mol. The largest absolute Gasteiger partial charge is 0.434 e. The van der Waals surface area contributed by atoms with E-state index in [0.717, 1.165) is 11.4 Å². The summed E-state index contributed by atoms with van der Waals surface area (Å²) in [5, 5.41) is 6.71. The molecule has 0 saturated heterocycles. The molecule has 0 spiro atoms. The molecule has 0 bridgehead atoms. The zero-order chi connectivity index (χ0) is 18.0. The number of ether oxygens (including phenoxy) is 1. The molecule has 2 heterocycles. The summed E-state index contributed by atoms with van der Waals surface area (Å²) in [4.78, 5) is 20.6. The van der Waals surface area contributed by atoms with Crippen LogP contribution in [0.4, 0.5) is 8.78 Å². The van der Waals surface area contributed by atoms with E-state index in [-0.39, 0.29) is 18.1 Å². The van der Waals surface area contributed by atoms with Gasteiger partial charge in [0, 0.05) is 23.5 Å². The van der Waals surface area contributed by atoms with Gasteiger partial charge in [-0.2, -0.15) is 13.8 Å². The van der Waals surface area contributed by atoms with Crippen molar-refractivity contribution >= 4 is 11.7 Å². The van der Waals surface area contributed by atoms with Crippen LogP contribution >= 0.6 is 0 Å². The Morgan fingerprint density at radius 1 is 1.28 bits per heavy atom. The Kier molecular flexibility index (Phi) is 4.55. The van der Waals surface area contributed by atoms with Crippen molar-refractivity contribution in [1.29, 1.82) is 0 Å². The lowest BCUT2D eigenvalue weighted by molar-refractivity contribution is -0.0504. The van der Waals surface area contributed by atoms with Crippen molar-refractivity contribution in [2.45, 2.75) is 27.0 Å². The van der Waals surface area contributed by atoms with Crippen molar-refractivity contribution in [1.82, 2.24) is 24.9 Å². The molecule has 0 unspecified atom stereocenters. The molecule has 1 amide bonds. The summed E-state index contributed by atoms with van der Waals surface area (Å²) in [6.07, 6.45) is 0. The van der Waals surface area contributed by atoms with Crippen LogP contribution in [-0.2, 0) is 6.54 Å². The number of hydrogen-bond acceptors (Lipinski definition) is 5. The topological polar surface area (TPSA) is 81.4 Å². The summed E-state index contributed by atoms with van der Waals surface area (Å²) in [6.45, 7) is 0.717. The first kappa shape index (κ1) is 16.7. The summed E-state index contributed by atoms with van der Waals surface area (Å²) in [5.74, 6) is -0.249. The second-order valence-electron chi connectivity index (χ2n) is 5.36. The minimum absolute atomic E-state index is 0.00270. The van der Waals surface area contributed by atoms with Gasteiger partial charge in [0.05, 0.1) is 0 Å². The highest BCUT2D eigenvalue weighted by atomic mass is 19.3. The first-order valence-electron chi connectivity index (χ1n) is 7.46. The van der Waals surface area contributed by atoms with Crippen LogP contribution in [0.15, 0.2) is 30.3 Å². The fourth-order valence-corrected chi connectivity index (χ4v) is 2.38. The van der Waals surface area contributed by atoms with Crippen molar-refractivity contribution < 1.29 is 18.3 Å². The molecule has 2 aromatic heterocycles. The summed E-state index contributed by atoms with van der Waals surface area (Å²) < 4.78 is 30.7. The lowest BCUT2D eigenvalue weighted by Gasteiger charge is -2.10. The van der Waals surface area contributed by atoms with E-state index in [4.69, 9.17) is 0 Å². The number of amides is 1. The molecule has 1 N–H and O–H groups in total. The molecular formula is C16H15F2N5O2. The van der Waals surface area contributed by atoms with Crippen LogP contribution in [0.2, 0.25) is 0 Å². The average molecular weight is 347 g/mol. The molecule has 0 fully saturated rings. The van der Waals surface area contributed by atoms with Crippen LogP contribution < -0.4 is 10.1 Å². The van der Waals surface area contributed by atoms with Gasteiger partial charge in [-0.15, -0.1) is 5.10 Å². The molecule has 3 rings (SSSR count). The van der Waals surface area contributed by atoms with Crippen LogP contribution in [0.25, 0.3) is 5.78 Å². The van der Waals surface area contributed by atoms with E-state index < -0.39 is 12.5 Å². The van der Waals surface area contributed by atoms with E-state index in [1.807, 2.05) is 19.9 Å². The Morgan fingerprint density at radius 3 is 2.80 bits per heavy atom. The molecule has 7 nitrogen and oxygen atoms in total. The van der Waals surface area contributed by atoms with Crippen molar-refractivity contribution in [3.63, 3.8) is 0 Å². The van der Waals surface area contributed by atoms with Gasteiger partial charge in [-0.25, -0.2) is 9.50 Å². The molecule has 0 aliphatic carbocycles. The standard InChI is InChI=1S/C16H15F2N5O2/c1-9-7-10(2)23-16(20-9)21-13(22-23)14(24)19-8-11-5-3-4-6-12(11)25-15(17)18/h3-7,15H,8H2,1-2H3,(H,19,24). The van der Waals surface area contributed by atoms with Gasteiger partial charge in [0.2, 0.25) is 5.82 Å². The molecule has 1 aromatic carbocycles. The number of alkyl halides is 2. The van der Waals surface area contributed by atoms with Crippen molar-refractivity contribution in [2.75, 3.05) is 0 Å². The average Bonchev–Trinajstić information content (AvgIpc) is 2.97.